The normalized spacial score (nSPS) is 17.0. The van der Waals surface area contributed by atoms with Gasteiger partial charge in [0, 0.05) is 113 Å². The third kappa shape index (κ3) is 23.1. The predicted molar refractivity (Wildman–Crippen MR) is 546 cm³/mol. The van der Waals surface area contributed by atoms with E-state index < -0.39 is 0 Å². The standard InChI is InChI=1S/C34H38N2O4.C33H37N3O4.C25H32N2O2.C25H30N2O2/c1-4-35(5-2)32(37)27-13-11-26(12-14-27)31-23-34(22-28-15-16-29(39-3)21-30(28)31)17-19-36(20-18-34)33(38)40-24-25-9-7-6-8-10-25;1-4-35(5-2)31(37)30-14-12-26(22-34-30)29-21-33(20-25-11-13-27(39-3)19-28(25)29)15-17-36(18-16-33)32(38)40-23-24-9-7-6-8-10-24;2*1-3-27(4-2)24(29)19-7-5-18(6-8-19)23-17-25(11-13-26-14-12-25)16-20-9-10-21(28)15-22(20)23/h6-16,21,23H,4-5,17-20,22,24H2,1-3H3;6-14,19,21-22H,4-5,15-18,20,23H2,1-3H3;5-10,15,23,26,28H,3-4,11-14,16-17H2,1-2H3;5-10,15,17,26,28H,3-4,11-14,16H2,1-2H3. The van der Waals surface area contributed by atoms with Crippen molar-refractivity contribution in [1.29, 1.82) is 0 Å². The molecule has 722 valence electrons. The van der Waals surface area contributed by atoms with Gasteiger partial charge in [0.15, 0.2) is 0 Å². The number of aromatic nitrogens is 1. The van der Waals surface area contributed by atoms with Crippen LogP contribution >= 0.6 is 0 Å². The number of nitrogens with one attached hydrogen (secondary N) is 2. The van der Waals surface area contributed by atoms with Gasteiger partial charge in [-0.2, -0.15) is 0 Å². The van der Waals surface area contributed by atoms with Gasteiger partial charge in [0.05, 0.1) is 14.2 Å². The first kappa shape index (κ1) is 99.4. The lowest BCUT2D eigenvalue weighted by atomic mass is 9.61. The van der Waals surface area contributed by atoms with E-state index in [1.807, 2.05) is 219 Å². The fourth-order valence-electron chi connectivity index (χ4n) is 21.7. The molecule has 4 fully saturated rings. The monoisotopic (exact) mass is 1860 g/mol. The molecular weight excluding hydrogens is 1720 g/mol. The number of phenolic OH excluding ortho intramolecular Hbond substituents is 2. The molecule has 21 nitrogen and oxygen atoms in total. The van der Waals surface area contributed by atoms with Crippen LogP contribution in [0.1, 0.15) is 239 Å². The average Bonchev–Trinajstić information content (AvgIpc) is 0.762. The van der Waals surface area contributed by atoms with Crippen LogP contribution in [0.2, 0.25) is 0 Å². The molecule has 1 atom stereocenters. The van der Waals surface area contributed by atoms with Gasteiger partial charge in [-0.05, 0) is 367 Å². The van der Waals surface area contributed by atoms with Crippen LogP contribution in [-0.4, -0.2) is 199 Å². The lowest BCUT2D eigenvalue weighted by molar-refractivity contribution is 0.0715. The quantitative estimate of drug-likeness (QED) is 0.0494. The van der Waals surface area contributed by atoms with Crippen molar-refractivity contribution in [3.05, 3.63) is 343 Å². The van der Waals surface area contributed by atoms with Gasteiger partial charge in [-0.25, -0.2) is 9.59 Å². The van der Waals surface area contributed by atoms with Gasteiger partial charge in [0.25, 0.3) is 23.6 Å². The molecule has 4 aliphatic carbocycles. The number of fused-ring (bicyclic) bond motifs is 4. The Hall–Kier alpha value is -13.1. The van der Waals surface area contributed by atoms with Crippen LogP contribution in [0.4, 0.5) is 9.59 Å². The van der Waals surface area contributed by atoms with Gasteiger partial charge in [-0.3, -0.25) is 24.2 Å². The van der Waals surface area contributed by atoms with Gasteiger partial charge in [0.1, 0.15) is 41.9 Å². The number of phenols is 2. The molecular formula is C117H137N9O12. The maximum absolute atomic E-state index is 12.9. The molecule has 4 spiro atoms. The van der Waals surface area contributed by atoms with Crippen LogP contribution in [-0.2, 0) is 48.4 Å². The minimum atomic E-state index is -0.262. The summed E-state index contributed by atoms with van der Waals surface area (Å²) in [5.41, 5.74) is 22.6. The van der Waals surface area contributed by atoms with Gasteiger partial charge in [-0.1, -0.05) is 146 Å². The van der Waals surface area contributed by atoms with Crippen LogP contribution in [0.15, 0.2) is 243 Å². The number of benzene rings is 9. The van der Waals surface area contributed by atoms with Crippen molar-refractivity contribution in [3.63, 3.8) is 0 Å². The van der Waals surface area contributed by atoms with Gasteiger partial charge < -0.3 is 69.2 Å². The molecule has 10 aromatic rings. The van der Waals surface area contributed by atoms with E-state index in [1.54, 1.807) is 31.4 Å². The summed E-state index contributed by atoms with van der Waals surface area (Å²) in [5.74, 6) is 2.69. The number of hydrogen-bond acceptors (Lipinski definition) is 15. The second-order valence-electron chi connectivity index (χ2n) is 38.2. The van der Waals surface area contributed by atoms with Crippen molar-refractivity contribution in [2.45, 2.75) is 158 Å². The molecule has 8 aliphatic rings. The molecule has 0 bridgehead atoms. The summed E-state index contributed by atoms with van der Waals surface area (Å²) < 4.78 is 22.3. The number of likely N-dealkylation sites (tertiary alicyclic amines) is 2. The van der Waals surface area contributed by atoms with Crippen LogP contribution in [0.25, 0.3) is 16.7 Å². The summed E-state index contributed by atoms with van der Waals surface area (Å²) in [6, 6.07) is 71.7. The number of aromatic hydroxyl groups is 2. The number of carbonyl (C=O) groups is 6. The van der Waals surface area contributed by atoms with Crippen molar-refractivity contribution >= 4 is 52.5 Å². The molecule has 6 amide bonds. The number of amides is 6. The Morgan fingerprint density at radius 1 is 0.384 bits per heavy atom. The summed E-state index contributed by atoms with van der Waals surface area (Å²) in [6.45, 7) is 28.9. The highest BCUT2D eigenvalue weighted by molar-refractivity contribution is 5.97. The molecule has 0 radical (unpaired) electrons. The number of carbonyl (C=O) groups excluding carboxylic acids is 6. The first-order valence-corrected chi connectivity index (χ1v) is 49.9. The van der Waals surface area contributed by atoms with Gasteiger partial charge in [-0.15, -0.1) is 0 Å². The summed E-state index contributed by atoms with van der Waals surface area (Å²) >= 11 is 0. The highest BCUT2D eigenvalue weighted by atomic mass is 16.6. The minimum Gasteiger partial charge on any atom is -0.508 e. The highest BCUT2D eigenvalue weighted by Crippen LogP contribution is 2.53. The molecule has 4 saturated heterocycles. The maximum atomic E-state index is 12.9. The van der Waals surface area contributed by atoms with Crippen LogP contribution in [0.5, 0.6) is 23.0 Å². The number of piperidine rings is 4. The van der Waals surface area contributed by atoms with Crippen molar-refractivity contribution < 1.29 is 57.9 Å². The summed E-state index contributed by atoms with van der Waals surface area (Å²) in [7, 11) is 3.37. The van der Waals surface area contributed by atoms with E-state index in [9.17, 15) is 39.0 Å². The van der Waals surface area contributed by atoms with E-state index in [4.69, 9.17) is 18.9 Å². The SMILES string of the molecule is CCN(CC)C(=O)c1ccc(C2=CC3(CCN(C(=O)OCc4ccccc4)CC3)Cc3ccc(OC)cc32)cc1.CCN(CC)C(=O)c1ccc(C2=CC3(CCN(C(=O)OCc4ccccc4)CC3)Cc3ccc(OC)cc32)cn1.CCN(CC)C(=O)c1ccc(C2=CC3(CCNCC3)Cc3ccc(O)cc32)cc1.CCN(CC)C(=O)c1ccc(C2CC3(CCNCC3)Cc3ccc(O)cc32)cc1. The molecule has 1 aromatic heterocycles. The molecule has 18 rings (SSSR count). The van der Waals surface area contributed by atoms with Crippen LogP contribution in [0.3, 0.4) is 0 Å². The van der Waals surface area contributed by atoms with Crippen molar-refractivity contribution in [2.75, 3.05) is 119 Å². The predicted octanol–water partition coefficient (Wildman–Crippen LogP) is 21.1. The average molecular weight is 1860 g/mol. The first-order chi connectivity index (χ1) is 67.0. The number of methoxy groups -OCH3 is 2. The lowest BCUT2D eigenvalue weighted by Crippen LogP contribution is -2.44. The second-order valence-corrected chi connectivity index (χ2v) is 38.2. The number of rotatable bonds is 22. The third-order valence-electron chi connectivity index (χ3n) is 29.9. The Labute approximate surface area is 815 Å². The Balaban J connectivity index is 0.000000141. The van der Waals surface area contributed by atoms with Crippen molar-refractivity contribution in [2.24, 2.45) is 21.7 Å². The molecule has 4 aliphatic heterocycles. The minimum absolute atomic E-state index is 0.0527. The van der Waals surface area contributed by atoms with E-state index in [-0.39, 0.29) is 71.2 Å². The molecule has 138 heavy (non-hydrogen) atoms. The zero-order chi connectivity index (χ0) is 97.1. The summed E-state index contributed by atoms with van der Waals surface area (Å²) in [6.07, 6.45) is 21.6. The maximum Gasteiger partial charge on any atom is 0.410 e. The van der Waals surface area contributed by atoms with E-state index in [0.717, 1.165) is 188 Å². The molecule has 4 N–H and O–H groups in total. The Bertz CT molecular complexity index is 5760. The summed E-state index contributed by atoms with van der Waals surface area (Å²) in [5, 5.41) is 27.2. The largest absolute Gasteiger partial charge is 0.508 e. The van der Waals surface area contributed by atoms with Gasteiger partial charge in [0.2, 0.25) is 0 Å². The lowest BCUT2D eigenvalue weighted by Gasteiger charge is -2.45. The number of hydrogen-bond donors (Lipinski definition) is 4. The van der Waals surface area contributed by atoms with Crippen molar-refractivity contribution in [1.82, 2.24) is 45.0 Å². The van der Waals surface area contributed by atoms with E-state index in [2.05, 4.69) is 107 Å². The van der Waals surface area contributed by atoms with E-state index in [0.29, 0.717) is 93.6 Å². The number of allylic oxidation sites excluding steroid dienone is 3. The molecule has 5 heterocycles. The Morgan fingerprint density at radius 2 is 0.746 bits per heavy atom. The molecule has 1 unspecified atom stereocenters. The molecule has 9 aromatic carbocycles. The third-order valence-corrected chi connectivity index (χ3v) is 29.9. The fraction of sp³-hybridized carbons (Fsp3) is 0.393. The van der Waals surface area contributed by atoms with E-state index in [1.165, 1.54) is 51.8 Å². The van der Waals surface area contributed by atoms with E-state index >= 15 is 0 Å². The number of pyridine rings is 1. The highest BCUT2D eigenvalue weighted by Gasteiger charge is 2.44. The summed E-state index contributed by atoms with van der Waals surface area (Å²) in [4.78, 5) is 92.2. The zero-order valence-electron chi connectivity index (χ0n) is 82.2. The number of nitrogens with zero attached hydrogens (tertiary/aromatic N) is 7. The molecule has 0 saturated carbocycles. The smallest absolute Gasteiger partial charge is 0.410 e. The van der Waals surface area contributed by atoms with Crippen LogP contribution < -0.4 is 20.1 Å². The molecule has 21 heteroatoms. The van der Waals surface area contributed by atoms with Crippen molar-refractivity contribution in [3.8, 4) is 23.0 Å². The first-order valence-electron chi connectivity index (χ1n) is 49.9. The number of ether oxygens (including phenoxy) is 4. The Morgan fingerprint density at radius 3 is 1.15 bits per heavy atom. The van der Waals surface area contributed by atoms with Gasteiger partial charge >= 0.3 is 12.2 Å². The second kappa shape index (κ2) is 45.5. The Kier molecular flexibility index (Phi) is 32.7. The zero-order valence-corrected chi connectivity index (χ0v) is 82.2. The fourth-order valence-corrected chi connectivity index (χ4v) is 21.7. The van der Waals surface area contributed by atoms with Crippen LogP contribution in [0, 0.1) is 21.7 Å². The topological polar surface area (TPSA) is 236 Å².